The average molecular weight is 150 g/mol. The third-order valence-electron chi connectivity index (χ3n) is 1.46. The molecule has 0 fully saturated rings. The number of nitrogens with one attached hydrogen (secondary N) is 1. The molecule has 1 aliphatic heterocycles. The summed E-state index contributed by atoms with van der Waals surface area (Å²) in [5, 5.41) is 4.54. The van der Waals surface area contributed by atoms with Crippen molar-refractivity contribution in [2.45, 2.75) is 11.8 Å². The van der Waals surface area contributed by atoms with Crippen LogP contribution in [-0.4, -0.2) is 0 Å². The first kappa shape index (κ1) is 6.10. The minimum absolute atomic E-state index is 1.24. The van der Waals surface area contributed by atoms with Crippen LogP contribution in [0.5, 0.6) is 0 Å². The molecule has 1 radical (unpaired) electrons. The van der Waals surface area contributed by atoms with Crippen LogP contribution >= 0.6 is 11.8 Å². The molecular weight excluding hydrogens is 142 g/mol. The van der Waals surface area contributed by atoms with Gasteiger partial charge in [0.1, 0.15) is 5.37 Å². The second kappa shape index (κ2) is 2.20. The summed E-state index contributed by atoms with van der Waals surface area (Å²) in [5.74, 6) is 0. The third kappa shape index (κ3) is 0.886. The molecule has 10 heavy (non-hydrogen) atoms. The first-order valence-corrected chi connectivity index (χ1v) is 4.05. The fourth-order valence-electron chi connectivity index (χ4n) is 1.04. The number of anilines is 1. The maximum Gasteiger partial charge on any atom is 0.118 e. The molecule has 2 rings (SSSR count). The molecule has 51 valence electrons. The van der Waals surface area contributed by atoms with E-state index in [4.69, 9.17) is 0 Å². The fourth-order valence-corrected chi connectivity index (χ4v) is 1.91. The standard InChI is InChI=1S/C8H8NS/c1-6-9-7-4-2-3-5-8(7)10-6/h2-5,9H,1H3. The van der Waals surface area contributed by atoms with Gasteiger partial charge in [-0.3, -0.25) is 0 Å². The quantitative estimate of drug-likeness (QED) is 0.610. The number of hydrogen-bond acceptors (Lipinski definition) is 2. The van der Waals surface area contributed by atoms with Gasteiger partial charge in [-0.15, -0.1) is 0 Å². The van der Waals surface area contributed by atoms with E-state index in [0.717, 1.165) is 0 Å². The lowest BCUT2D eigenvalue weighted by Crippen LogP contribution is -1.92. The van der Waals surface area contributed by atoms with Crippen LogP contribution < -0.4 is 5.32 Å². The topological polar surface area (TPSA) is 12.0 Å². The predicted octanol–water partition coefficient (Wildman–Crippen LogP) is 2.71. The molecule has 1 N–H and O–H groups in total. The molecule has 1 aromatic carbocycles. The number of rotatable bonds is 0. The van der Waals surface area contributed by atoms with Gasteiger partial charge in [-0.05, 0) is 19.1 Å². The van der Waals surface area contributed by atoms with Crippen molar-refractivity contribution in [3.8, 4) is 0 Å². The molecule has 0 unspecified atom stereocenters. The highest BCUT2D eigenvalue weighted by Gasteiger charge is 2.16. The van der Waals surface area contributed by atoms with Gasteiger partial charge in [0, 0.05) is 10.6 Å². The molecule has 0 bridgehead atoms. The summed E-state index contributed by atoms with van der Waals surface area (Å²) in [5.41, 5.74) is 1.24. The summed E-state index contributed by atoms with van der Waals surface area (Å²) in [6.07, 6.45) is 0. The zero-order valence-electron chi connectivity index (χ0n) is 5.72. The van der Waals surface area contributed by atoms with E-state index in [-0.39, 0.29) is 0 Å². The zero-order valence-corrected chi connectivity index (χ0v) is 6.53. The summed E-state index contributed by atoms with van der Waals surface area (Å²) >= 11 is 1.80. The molecule has 0 aromatic heterocycles. The van der Waals surface area contributed by atoms with E-state index in [1.54, 1.807) is 11.8 Å². The lowest BCUT2D eigenvalue weighted by Gasteiger charge is -1.97. The van der Waals surface area contributed by atoms with Crippen molar-refractivity contribution in [3.63, 3.8) is 0 Å². The Labute approximate surface area is 64.8 Å². The summed E-state index contributed by atoms with van der Waals surface area (Å²) in [6, 6.07) is 8.33. The van der Waals surface area contributed by atoms with Crippen LogP contribution in [-0.2, 0) is 0 Å². The van der Waals surface area contributed by atoms with Gasteiger partial charge in [-0.2, -0.15) is 0 Å². The Morgan fingerprint density at radius 3 is 2.90 bits per heavy atom. The predicted molar refractivity (Wildman–Crippen MR) is 44.8 cm³/mol. The molecule has 0 amide bonds. The van der Waals surface area contributed by atoms with Crippen molar-refractivity contribution in [1.29, 1.82) is 0 Å². The van der Waals surface area contributed by atoms with E-state index >= 15 is 0 Å². The Morgan fingerprint density at radius 2 is 2.10 bits per heavy atom. The average Bonchev–Trinajstić information content (AvgIpc) is 2.27. The van der Waals surface area contributed by atoms with Crippen molar-refractivity contribution in [3.05, 3.63) is 29.6 Å². The maximum atomic E-state index is 3.28. The van der Waals surface area contributed by atoms with Gasteiger partial charge in [0.05, 0.1) is 0 Å². The normalized spacial score (nSPS) is 16.5. The lowest BCUT2D eigenvalue weighted by molar-refractivity contribution is 1.34. The zero-order chi connectivity index (χ0) is 6.97. The smallest absolute Gasteiger partial charge is 0.118 e. The molecule has 2 heteroatoms. The number of thioether (sulfide) groups is 1. The van der Waals surface area contributed by atoms with Crippen molar-refractivity contribution in [1.82, 2.24) is 0 Å². The molecular formula is C8H8NS. The van der Waals surface area contributed by atoms with Gasteiger partial charge >= 0.3 is 0 Å². The van der Waals surface area contributed by atoms with Gasteiger partial charge in [0.15, 0.2) is 0 Å². The second-order valence-electron chi connectivity index (χ2n) is 2.28. The highest BCUT2D eigenvalue weighted by molar-refractivity contribution is 8.02. The van der Waals surface area contributed by atoms with Gasteiger partial charge in [-0.25, -0.2) is 0 Å². The van der Waals surface area contributed by atoms with Crippen LogP contribution in [0.1, 0.15) is 6.92 Å². The van der Waals surface area contributed by atoms with Gasteiger partial charge < -0.3 is 5.32 Å². The van der Waals surface area contributed by atoms with Crippen molar-refractivity contribution >= 4 is 17.4 Å². The highest BCUT2D eigenvalue weighted by atomic mass is 32.2. The summed E-state index contributed by atoms with van der Waals surface area (Å²) < 4.78 is 0. The molecule has 0 atom stereocenters. The molecule has 1 aliphatic rings. The Balaban J connectivity index is 2.42. The highest BCUT2D eigenvalue weighted by Crippen LogP contribution is 2.41. The van der Waals surface area contributed by atoms with Gasteiger partial charge in [0.25, 0.3) is 0 Å². The van der Waals surface area contributed by atoms with Gasteiger partial charge in [-0.1, -0.05) is 23.9 Å². The van der Waals surface area contributed by atoms with E-state index in [0.29, 0.717) is 0 Å². The fraction of sp³-hybridized carbons (Fsp3) is 0.125. The molecule has 0 saturated carbocycles. The van der Waals surface area contributed by atoms with Crippen molar-refractivity contribution in [2.24, 2.45) is 0 Å². The van der Waals surface area contributed by atoms with Crippen LogP contribution in [0.15, 0.2) is 29.2 Å². The number of para-hydroxylation sites is 1. The van der Waals surface area contributed by atoms with Gasteiger partial charge in [0.2, 0.25) is 0 Å². The first-order chi connectivity index (χ1) is 4.86. The summed E-state index contributed by atoms with van der Waals surface area (Å²) in [4.78, 5) is 1.33. The van der Waals surface area contributed by atoms with Crippen LogP contribution in [0.3, 0.4) is 0 Å². The Kier molecular flexibility index (Phi) is 1.34. The van der Waals surface area contributed by atoms with E-state index in [1.165, 1.54) is 16.0 Å². The second-order valence-corrected chi connectivity index (χ2v) is 3.54. The molecule has 0 spiro atoms. The minimum atomic E-state index is 1.24. The molecule has 1 heterocycles. The molecule has 0 aliphatic carbocycles. The number of hydrogen-bond donors (Lipinski definition) is 1. The molecule has 0 saturated heterocycles. The Hall–Kier alpha value is -0.630. The van der Waals surface area contributed by atoms with Crippen LogP contribution in [0.4, 0.5) is 5.69 Å². The Morgan fingerprint density at radius 1 is 1.30 bits per heavy atom. The van der Waals surface area contributed by atoms with E-state index in [9.17, 15) is 0 Å². The van der Waals surface area contributed by atoms with Crippen LogP contribution in [0.2, 0.25) is 0 Å². The minimum Gasteiger partial charge on any atom is -0.367 e. The number of fused-ring (bicyclic) bond motifs is 1. The summed E-state index contributed by atoms with van der Waals surface area (Å²) in [6.45, 7) is 2.09. The molecule has 1 aromatic rings. The van der Waals surface area contributed by atoms with Crippen LogP contribution in [0, 0.1) is 5.37 Å². The largest absolute Gasteiger partial charge is 0.367 e. The monoisotopic (exact) mass is 150 g/mol. The lowest BCUT2D eigenvalue weighted by atomic mass is 10.3. The molecule has 1 nitrogen and oxygen atoms in total. The van der Waals surface area contributed by atoms with E-state index < -0.39 is 0 Å². The number of benzene rings is 1. The van der Waals surface area contributed by atoms with Crippen molar-refractivity contribution in [2.75, 3.05) is 5.32 Å². The van der Waals surface area contributed by atoms with E-state index in [2.05, 4.69) is 30.4 Å². The Bertz CT molecular complexity index is 222. The maximum absolute atomic E-state index is 3.28. The van der Waals surface area contributed by atoms with Crippen LogP contribution in [0.25, 0.3) is 0 Å². The third-order valence-corrected chi connectivity index (χ3v) is 2.44. The SMILES string of the molecule is C[C]1Nc2ccccc2S1. The summed E-state index contributed by atoms with van der Waals surface area (Å²) in [7, 11) is 0. The van der Waals surface area contributed by atoms with Crippen molar-refractivity contribution < 1.29 is 0 Å². The first-order valence-electron chi connectivity index (χ1n) is 3.24. The van der Waals surface area contributed by atoms with E-state index in [1.807, 2.05) is 6.07 Å².